The Kier molecular flexibility index (Phi) is 5.96. The second kappa shape index (κ2) is 8.38. The van der Waals surface area contributed by atoms with E-state index in [1.165, 1.54) is 17.7 Å². The van der Waals surface area contributed by atoms with Gasteiger partial charge in [0.1, 0.15) is 5.82 Å². The van der Waals surface area contributed by atoms with Gasteiger partial charge in [0.25, 0.3) is 0 Å². The van der Waals surface area contributed by atoms with Crippen LogP contribution >= 0.6 is 0 Å². The Balaban J connectivity index is 1.41. The van der Waals surface area contributed by atoms with Crippen molar-refractivity contribution >= 4 is 0 Å². The van der Waals surface area contributed by atoms with Gasteiger partial charge in [0, 0.05) is 39.3 Å². The monoisotopic (exact) mass is 328 g/mol. The number of aliphatic hydroxyl groups is 1. The summed E-state index contributed by atoms with van der Waals surface area (Å²) in [5.41, 5.74) is 2.33. The first-order valence-electron chi connectivity index (χ1n) is 8.60. The van der Waals surface area contributed by atoms with Gasteiger partial charge >= 0.3 is 0 Å². The summed E-state index contributed by atoms with van der Waals surface area (Å²) < 4.78 is 13.0. The molecule has 1 saturated heterocycles. The van der Waals surface area contributed by atoms with Crippen LogP contribution in [-0.4, -0.2) is 53.7 Å². The Labute approximate surface area is 143 Å². The van der Waals surface area contributed by atoms with Crippen molar-refractivity contribution in [3.8, 4) is 0 Å². The maximum atomic E-state index is 13.0. The zero-order valence-corrected chi connectivity index (χ0v) is 13.9. The highest BCUT2D eigenvalue weighted by atomic mass is 19.1. The van der Waals surface area contributed by atoms with Gasteiger partial charge < -0.3 is 5.11 Å². The Morgan fingerprint density at radius 2 is 1.46 bits per heavy atom. The molecule has 24 heavy (non-hydrogen) atoms. The predicted molar refractivity (Wildman–Crippen MR) is 94.3 cm³/mol. The molecule has 0 aromatic heterocycles. The molecular weight excluding hydrogens is 303 g/mol. The Morgan fingerprint density at radius 3 is 2.12 bits per heavy atom. The summed E-state index contributed by atoms with van der Waals surface area (Å²) in [6.07, 6.45) is 0.382. The van der Waals surface area contributed by atoms with E-state index in [1.54, 1.807) is 0 Å². The Hall–Kier alpha value is -1.75. The van der Waals surface area contributed by atoms with Gasteiger partial charge in [-0.05, 0) is 29.7 Å². The van der Waals surface area contributed by atoms with Crippen LogP contribution in [0.1, 0.15) is 11.1 Å². The quantitative estimate of drug-likeness (QED) is 0.883. The Morgan fingerprint density at radius 1 is 0.833 bits per heavy atom. The van der Waals surface area contributed by atoms with Crippen LogP contribution in [0.5, 0.6) is 0 Å². The molecule has 1 N–H and O–H groups in total. The molecule has 0 aliphatic carbocycles. The summed E-state index contributed by atoms with van der Waals surface area (Å²) in [6, 6.07) is 16.9. The van der Waals surface area contributed by atoms with Crippen LogP contribution in [-0.2, 0) is 13.0 Å². The zero-order chi connectivity index (χ0) is 16.8. The van der Waals surface area contributed by atoms with Gasteiger partial charge in [-0.2, -0.15) is 0 Å². The molecule has 1 atom stereocenters. The summed E-state index contributed by atoms with van der Waals surface area (Å²) in [5, 5.41) is 10.3. The number of rotatable bonds is 6. The highest BCUT2D eigenvalue weighted by molar-refractivity contribution is 5.16. The van der Waals surface area contributed by atoms with Crippen molar-refractivity contribution < 1.29 is 9.50 Å². The van der Waals surface area contributed by atoms with Crippen LogP contribution < -0.4 is 0 Å². The lowest BCUT2D eigenvalue weighted by molar-refractivity contribution is 0.0704. The van der Waals surface area contributed by atoms with Crippen LogP contribution in [0, 0.1) is 5.82 Å². The molecule has 1 aliphatic rings. The van der Waals surface area contributed by atoms with Crippen LogP contribution in [0.4, 0.5) is 4.39 Å². The fraction of sp³-hybridized carbons (Fsp3) is 0.400. The number of aliphatic hydroxyl groups excluding tert-OH is 1. The molecule has 0 amide bonds. The number of β-amino-alcohol motifs (C(OH)–C–C–N with tert-alkyl or cyclic N) is 1. The topological polar surface area (TPSA) is 26.7 Å². The van der Waals surface area contributed by atoms with Crippen LogP contribution in [0.3, 0.4) is 0 Å². The molecule has 3 nitrogen and oxygen atoms in total. The van der Waals surface area contributed by atoms with E-state index in [1.807, 2.05) is 30.3 Å². The number of benzene rings is 2. The van der Waals surface area contributed by atoms with Gasteiger partial charge in [0.15, 0.2) is 0 Å². The fourth-order valence-corrected chi connectivity index (χ4v) is 3.23. The van der Waals surface area contributed by atoms with Crippen molar-refractivity contribution in [3.05, 3.63) is 71.5 Å². The zero-order valence-electron chi connectivity index (χ0n) is 13.9. The summed E-state index contributed by atoms with van der Waals surface area (Å²) in [7, 11) is 0. The van der Waals surface area contributed by atoms with Crippen LogP contribution in [0.15, 0.2) is 54.6 Å². The molecule has 128 valence electrons. The standard InChI is InChI=1S/C20H25FN2O/c21-19-8-6-18(7-9-19)15-22-10-12-23(13-11-22)16-20(24)14-17-4-2-1-3-5-17/h1-9,20,24H,10-16H2. The summed E-state index contributed by atoms with van der Waals surface area (Å²) >= 11 is 0. The smallest absolute Gasteiger partial charge is 0.123 e. The molecule has 2 aromatic carbocycles. The Bertz CT molecular complexity index is 609. The highest BCUT2D eigenvalue weighted by Crippen LogP contribution is 2.11. The normalized spacial score (nSPS) is 17.8. The maximum Gasteiger partial charge on any atom is 0.123 e. The molecule has 0 saturated carbocycles. The van der Waals surface area contributed by atoms with Crippen molar-refractivity contribution in [3.63, 3.8) is 0 Å². The third-order valence-electron chi connectivity index (χ3n) is 4.57. The molecule has 3 rings (SSSR count). The molecule has 2 aromatic rings. The lowest BCUT2D eigenvalue weighted by Crippen LogP contribution is -2.48. The minimum atomic E-state index is -0.323. The van der Waals surface area contributed by atoms with Crippen molar-refractivity contribution in [1.82, 2.24) is 9.80 Å². The third kappa shape index (κ3) is 5.13. The van der Waals surface area contributed by atoms with E-state index in [9.17, 15) is 9.50 Å². The average molecular weight is 328 g/mol. The molecule has 0 bridgehead atoms. The number of halogens is 1. The van der Waals surface area contributed by atoms with E-state index in [0.717, 1.165) is 44.8 Å². The predicted octanol–water partition coefficient (Wildman–Crippen LogP) is 2.55. The summed E-state index contributed by atoms with van der Waals surface area (Å²) in [5.74, 6) is -0.184. The second-order valence-electron chi connectivity index (χ2n) is 6.55. The van der Waals surface area contributed by atoms with Gasteiger partial charge in [-0.3, -0.25) is 9.80 Å². The molecule has 0 radical (unpaired) electrons. The molecule has 1 heterocycles. The highest BCUT2D eigenvalue weighted by Gasteiger charge is 2.19. The summed E-state index contributed by atoms with van der Waals surface area (Å²) in [6.45, 7) is 5.48. The largest absolute Gasteiger partial charge is 0.391 e. The molecule has 1 aliphatic heterocycles. The third-order valence-corrected chi connectivity index (χ3v) is 4.57. The fourth-order valence-electron chi connectivity index (χ4n) is 3.23. The van der Waals surface area contributed by atoms with Gasteiger partial charge in [0.05, 0.1) is 6.10 Å². The first kappa shape index (κ1) is 17.1. The first-order chi connectivity index (χ1) is 11.7. The molecular formula is C20H25FN2O. The molecule has 1 fully saturated rings. The van der Waals surface area contributed by atoms with Crippen molar-refractivity contribution in [2.45, 2.75) is 19.1 Å². The van der Waals surface area contributed by atoms with Crippen molar-refractivity contribution in [1.29, 1.82) is 0 Å². The van der Waals surface area contributed by atoms with Crippen molar-refractivity contribution in [2.24, 2.45) is 0 Å². The number of nitrogens with zero attached hydrogens (tertiary/aromatic N) is 2. The van der Waals surface area contributed by atoms with Crippen LogP contribution in [0.25, 0.3) is 0 Å². The van der Waals surface area contributed by atoms with E-state index in [2.05, 4.69) is 21.9 Å². The lowest BCUT2D eigenvalue weighted by atomic mass is 10.1. The maximum absolute atomic E-state index is 13.0. The number of piperazine rings is 1. The lowest BCUT2D eigenvalue weighted by Gasteiger charge is -2.35. The average Bonchev–Trinajstić information content (AvgIpc) is 2.59. The molecule has 0 spiro atoms. The number of hydrogen-bond acceptors (Lipinski definition) is 3. The van der Waals surface area contributed by atoms with E-state index in [4.69, 9.17) is 0 Å². The van der Waals surface area contributed by atoms with Gasteiger partial charge in [-0.15, -0.1) is 0 Å². The van der Waals surface area contributed by atoms with E-state index >= 15 is 0 Å². The van der Waals surface area contributed by atoms with Crippen LogP contribution in [0.2, 0.25) is 0 Å². The number of hydrogen-bond donors (Lipinski definition) is 1. The van der Waals surface area contributed by atoms with Gasteiger partial charge in [-0.1, -0.05) is 42.5 Å². The molecule has 1 unspecified atom stereocenters. The minimum absolute atomic E-state index is 0.184. The van der Waals surface area contributed by atoms with Gasteiger partial charge in [0.2, 0.25) is 0 Å². The van der Waals surface area contributed by atoms with Crippen molar-refractivity contribution in [2.75, 3.05) is 32.7 Å². The second-order valence-corrected chi connectivity index (χ2v) is 6.55. The SMILES string of the molecule is OC(Cc1ccccc1)CN1CCN(Cc2ccc(F)cc2)CC1. The van der Waals surface area contributed by atoms with Gasteiger partial charge in [-0.25, -0.2) is 4.39 Å². The minimum Gasteiger partial charge on any atom is -0.391 e. The van der Waals surface area contributed by atoms with E-state index in [-0.39, 0.29) is 11.9 Å². The molecule has 4 heteroatoms. The van der Waals surface area contributed by atoms with E-state index < -0.39 is 0 Å². The summed E-state index contributed by atoms with van der Waals surface area (Å²) in [4.78, 5) is 4.71. The van der Waals surface area contributed by atoms with E-state index in [0.29, 0.717) is 6.42 Å². The first-order valence-corrected chi connectivity index (χ1v) is 8.60.